The highest BCUT2D eigenvalue weighted by molar-refractivity contribution is 6.30. The van der Waals surface area contributed by atoms with Crippen molar-refractivity contribution in [1.82, 2.24) is 4.90 Å². The number of nitrogens with two attached hydrogens (primary N) is 1. The Morgan fingerprint density at radius 1 is 1.05 bits per heavy atom. The average Bonchev–Trinajstić information content (AvgIpc) is 2.44. The lowest BCUT2D eigenvalue weighted by Crippen LogP contribution is -2.30. The highest BCUT2D eigenvalue weighted by Gasteiger charge is 2.15. The van der Waals surface area contributed by atoms with Crippen molar-refractivity contribution < 1.29 is 0 Å². The molecular formula is C17H21ClN2. The summed E-state index contributed by atoms with van der Waals surface area (Å²) < 4.78 is 0. The van der Waals surface area contributed by atoms with Crippen molar-refractivity contribution in [1.29, 1.82) is 0 Å². The molecule has 0 aromatic heterocycles. The molecule has 0 heterocycles. The van der Waals surface area contributed by atoms with Crippen LogP contribution in [0.4, 0.5) is 0 Å². The Morgan fingerprint density at radius 2 is 1.65 bits per heavy atom. The van der Waals surface area contributed by atoms with E-state index in [-0.39, 0.29) is 6.04 Å². The molecule has 2 aromatic carbocycles. The molecular weight excluding hydrogens is 268 g/mol. The van der Waals surface area contributed by atoms with Crippen molar-refractivity contribution in [2.75, 3.05) is 13.6 Å². The van der Waals surface area contributed by atoms with Gasteiger partial charge in [0.05, 0.1) is 0 Å². The Balaban J connectivity index is 2.10. The minimum Gasteiger partial charge on any atom is -0.329 e. The first-order valence-electron chi connectivity index (χ1n) is 6.81. The monoisotopic (exact) mass is 288 g/mol. The van der Waals surface area contributed by atoms with Crippen LogP contribution in [0.3, 0.4) is 0 Å². The molecule has 1 unspecified atom stereocenters. The minimum absolute atomic E-state index is 0.202. The zero-order valence-corrected chi connectivity index (χ0v) is 12.8. The predicted molar refractivity (Wildman–Crippen MR) is 85.9 cm³/mol. The number of halogens is 1. The van der Waals surface area contributed by atoms with E-state index in [1.807, 2.05) is 24.3 Å². The number of benzene rings is 2. The van der Waals surface area contributed by atoms with Gasteiger partial charge in [0.1, 0.15) is 0 Å². The molecule has 0 fully saturated rings. The fourth-order valence-corrected chi connectivity index (χ4v) is 2.47. The van der Waals surface area contributed by atoms with Gasteiger partial charge in [0.2, 0.25) is 0 Å². The van der Waals surface area contributed by atoms with Crippen molar-refractivity contribution in [3.8, 4) is 0 Å². The molecule has 0 spiro atoms. The van der Waals surface area contributed by atoms with Gasteiger partial charge in [-0.3, -0.25) is 4.90 Å². The van der Waals surface area contributed by atoms with Crippen LogP contribution in [0.2, 0.25) is 5.02 Å². The first kappa shape index (κ1) is 15.0. The lowest BCUT2D eigenvalue weighted by molar-refractivity contribution is 0.242. The molecule has 2 rings (SSSR count). The Kier molecular flexibility index (Phi) is 5.18. The minimum atomic E-state index is 0.202. The molecule has 106 valence electrons. The molecule has 1 atom stereocenters. The van der Waals surface area contributed by atoms with Crippen LogP contribution in [0, 0.1) is 6.92 Å². The number of nitrogens with zero attached hydrogens (tertiary/aromatic N) is 1. The molecule has 0 amide bonds. The van der Waals surface area contributed by atoms with Crippen molar-refractivity contribution in [2.24, 2.45) is 5.73 Å². The average molecular weight is 289 g/mol. The molecule has 0 bridgehead atoms. The quantitative estimate of drug-likeness (QED) is 0.907. The van der Waals surface area contributed by atoms with Gasteiger partial charge >= 0.3 is 0 Å². The van der Waals surface area contributed by atoms with Crippen molar-refractivity contribution >= 4 is 11.6 Å². The lowest BCUT2D eigenvalue weighted by atomic mass is 10.0. The largest absolute Gasteiger partial charge is 0.329 e. The molecule has 20 heavy (non-hydrogen) atoms. The Hall–Kier alpha value is -1.35. The maximum atomic E-state index is 5.95. The molecule has 2 aromatic rings. The molecule has 0 radical (unpaired) electrons. The van der Waals surface area contributed by atoms with Crippen LogP contribution >= 0.6 is 11.6 Å². The fraction of sp³-hybridized carbons (Fsp3) is 0.294. The number of aryl methyl sites for hydroxylation is 1. The van der Waals surface area contributed by atoms with E-state index in [1.165, 1.54) is 16.7 Å². The van der Waals surface area contributed by atoms with Gasteiger partial charge in [0, 0.05) is 24.2 Å². The van der Waals surface area contributed by atoms with E-state index < -0.39 is 0 Å². The first-order valence-corrected chi connectivity index (χ1v) is 7.19. The SMILES string of the molecule is Cc1ccc(CN(C)C(CN)c2ccc(Cl)cc2)cc1. The Labute approximate surface area is 126 Å². The normalized spacial score (nSPS) is 12.7. The van der Waals surface area contributed by atoms with E-state index in [1.54, 1.807) is 0 Å². The predicted octanol–water partition coefficient (Wildman–Crippen LogP) is 3.78. The molecule has 2 N–H and O–H groups in total. The van der Waals surface area contributed by atoms with Gasteiger partial charge in [0.25, 0.3) is 0 Å². The van der Waals surface area contributed by atoms with Crippen molar-refractivity contribution in [3.05, 3.63) is 70.2 Å². The van der Waals surface area contributed by atoms with Crippen molar-refractivity contribution in [3.63, 3.8) is 0 Å². The highest BCUT2D eigenvalue weighted by Crippen LogP contribution is 2.22. The molecule has 2 nitrogen and oxygen atoms in total. The van der Waals surface area contributed by atoms with Crippen LogP contribution in [-0.2, 0) is 6.54 Å². The van der Waals surface area contributed by atoms with E-state index >= 15 is 0 Å². The van der Waals surface area contributed by atoms with E-state index in [4.69, 9.17) is 17.3 Å². The fourth-order valence-electron chi connectivity index (χ4n) is 2.35. The Bertz CT molecular complexity index is 534. The van der Waals surface area contributed by atoms with Crippen LogP contribution in [-0.4, -0.2) is 18.5 Å². The second-order valence-electron chi connectivity index (χ2n) is 5.20. The maximum Gasteiger partial charge on any atom is 0.0470 e. The van der Waals surface area contributed by atoms with Gasteiger partial charge in [-0.05, 0) is 37.2 Å². The zero-order valence-electron chi connectivity index (χ0n) is 12.0. The molecule has 0 saturated carbocycles. The van der Waals surface area contributed by atoms with Crippen LogP contribution in [0.25, 0.3) is 0 Å². The number of hydrogen-bond donors (Lipinski definition) is 1. The second kappa shape index (κ2) is 6.89. The van der Waals surface area contributed by atoms with Crippen LogP contribution < -0.4 is 5.73 Å². The summed E-state index contributed by atoms with van der Waals surface area (Å²) in [6, 6.07) is 16.7. The van der Waals surface area contributed by atoms with Crippen LogP contribution in [0.1, 0.15) is 22.7 Å². The molecule has 0 aliphatic rings. The topological polar surface area (TPSA) is 29.3 Å². The third-order valence-electron chi connectivity index (χ3n) is 3.56. The standard InChI is InChI=1S/C17H21ClN2/c1-13-3-5-14(6-4-13)12-20(2)17(11-19)15-7-9-16(18)10-8-15/h3-10,17H,11-12,19H2,1-2H3. The smallest absolute Gasteiger partial charge is 0.0470 e. The Morgan fingerprint density at radius 3 is 2.20 bits per heavy atom. The summed E-state index contributed by atoms with van der Waals surface area (Å²) in [6.07, 6.45) is 0. The van der Waals surface area contributed by atoms with E-state index in [2.05, 4.69) is 43.1 Å². The van der Waals surface area contributed by atoms with Gasteiger partial charge in [-0.2, -0.15) is 0 Å². The molecule has 0 aliphatic carbocycles. The number of rotatable bonds is 5. The van der Waals surface area contributed by atoms with Crippen LogP contribution in [0.5, 0.6) is 0 Å². The number of hydrogen-bond acceptors (Lipinski definition) is 2. The summed E-state index contributed by atoms with van der Waals surface area (Å²) in [5.74, 6) is 0. The van der Waals surface area contributed by atoms with Gasteiger partial charge in [-0.1, -0.05) is 53.6 Å². The van der Waals surface area contributed by atoms with Gasteiger partial charge < -0.3 is 5.73 Å². The van der Waals surface area contributed by atoms with Gasteiger partial charge in [-0.25, -0.2) is 0 Å². The van der Waals surface area contributed by atoms with Crippen molar-refractivity contribution in [2.45, 2.75) is 19.5 Å². The number of likely N-dealkylation sites (N-methyl/N-ethyl adjacent to an activating group) is 1. The zero-order chi connectivity index (χ0) is 14.5. The molecule has 3 heteroatoms. The van der Waals surface area contributed by atoms with E-state index in [0.717, 1.165) is 11.6 Å². The summed E-state index contributed by atoms with van der Waals surface area (Å²) in [5.41, 5.74) is 9.73. The summed E-state index contributed by atoms with van der Waals surface area (Å²) in [6.45, 7) is 3.57. The summed E-state index contributed by atoms with van der Waals surface area (Å²) in [7, 11) is 2.10. The summed E-state index contributed by atoms with van der Waals surface area (Å²) in [4.78, 5) is 2.27. The third kappa shape index (κ3) is 3.83. The maximum absolute atomic E-state index is 5.95. The van der Waals surface area contributed by atoms with Gasteiger partial charge in [0.15, 0.2) is 0 Å². The summed E-state index contributed by atoms with van der Waals surface area (Å²) >= 11 is 5.94. The first-order chi connectivity index (χ1) is 9.60. The summed E-state index contributed by atoms with van der Waals surface area (Å²) in [5, 5.41) is 0.755. The lowest BCUT2D eigenvalue weighted by Gasteiger charge is -2.27. The van der Waals surface area contributed by atoms with Crippen LogP contribution in [0.15, 0.2) is 48.5 Å². The third-order valence-corrected chi connectivity index (χ3v) is 3.81. The molecule has 0 aliphatic heterocycles. The molecule has 0 saturated heterocycles. The highest BCUT2D eigenvalue weighted by atomic mass is 35.5. The van der Waals surface area contributed by atoms with Gasteiger partial charge in [-0.15, -0.1) is 0 Å². The second-order valence-corrected chi connectivity index (χ2v) is 5.64. The van der Waals surface area contributed by atoms with E-state index in [0.29, 0.717) is 6.54 Å². The van der Waals surface area contributed by atoms with E-state index in [9.17, 15) is 0 Å².